The molecule has 0 saturated heterocycles. The number of carbonyl (C=O) groups is 2. The largest absolute Gasteiger partial charge is 0.447 e. The lowest BCUT2D eigenvalue weighted by molar-refractivity contribution is -0.113. The number of benzene rings is 3. The zero-order valence-electron chi connectivity index (χ0n) is 16.3. The van der Waals surface area contributed by atoms with Crippen LogP contribution in [0.15, 0.2) is 65.6 Å². The van der Waals surface area contributed by atoms with Crippen molar-refractivity contribution in [3.05, 3.63) is 65.7 Å². The third-order valence-corrected chi connectivity index (χ3v) is 5.46. The Kier molecular flexibility index (Phi) is 7.96. The molecule has 0 saturated carbocycles. The van der Waals surface area contributed by atoms with Crippen molar-refractivity contribution in [1.29, 1.82) is 0 Å². The van der Waals surface area contributed by atoms with E-state index in [1.165, 1.54) is 18.9 Å². The first-order valence-corrected chi connectivity index (χ1v) is 10.6. The van der Waals surface area contributed by atoms with Crippen molar-refractivity contribution in [2.24, 2.45) is 0 Å². The number of thioether (sulfide) groups is 1. The van der Waals surface area contributed by atoms with Gasteiger partial charge in [0.05, 0.1) is 12.4 Å². The summed E-state index contributed by atoms with van der Waals surface area (Å²) in [7, 11) is 1.53. The van der Waals surface area contributed by atoms with E-state index in [2.05, 4.69) is 10.6 Å². The Balaban J connectivity index is 1.57. The predicted octanol–water partition coefficient (Wildman–Crippen LogP) is 5.42. The lowest BCUT2D eigenvalue weighted by atomic mass is 10.1. The van der Waals surface area contributed by atoms with Gasteiger partial charge in [-0.1, -0.05) is 41.9 Å². The van der Waals surface area contributed by atoms with E-state index in [9.17, 15) is 9.59 Å². The van der Waals surface area contributed by atoms with Crippen molar-refractivity contribution in [2.75, 3.05) is 36.7 Å². The lowest BCUT2D eigenvalue weighted by Gasteiger charge is -2.10. The van der Waals surface area contributed by atoms with Crippen LogP contribution in [0.5, 0.6) is 0 Å². The molecule has 3 aromatic carbocycles. The zero-order chi connectivity index (χ0) is 21.3. The Morgan fingerprint density at radius 2 is 1.67 bits per heavy atom. The summed E-state index contributed by atoms with van der Waals surface area (Å²) in [5, 5.41) is 8.08. The number of methoxy groups -OCH3 is 1. The van der Waals surface area contributed by atoms with Gasteiger partial charge in [0.15, 0.2) is 0 Å². The van der Waals surface area contributed by atoms with Crippen molar-refractivity contribution in [3.8, 4) is 0 Å². The van der Waals surface area contributed by atoms with Crippen LogP contribution in [0.2, 0.25) is 5.02 Å². The molecule has 0 atom stereocenters. The molecule has 0 aliphatic carbocycles. The van der Waals surface area contributed by atoms with Gasteiger partial charge in [0.25, 0.3) is 0 Å². The summed E-state index contributed by atoms with van der Waals surface area (Å²) in [5.74, 6) is 0.0602. The van der Waals surface area contributed by atoms with Crippen LogP contribution < -0.4 is 10.6 Å². The van der Waals surface area contributed by atoms with Gasteiger partial charge in [0.2, 0.25) is 5.91 Å². The van der Waals surface area contributed by atoms with Gasteiger partial charge in [0.1, 0.15) is 6.61 Å². The van der Waals surface area contributed by atoms with Gasteiger partial charge in [-0.2, -0.15) is 0 Å². The number of amides is 2. The molecule has 8 heteroatoms. The number of nitrogens with one attached hydrogen (secondary N) is 2. The zero-order valence-corrected chi connectivity index (χ0v) is 17.9. The number of fused-ring (bicyclic) bond motifs is 1. The van der Waals surface area contributed by atoms with Crippen molar-refractivity contribution in [2.45, 2.75) is 4.90 Å². The molecule has 2 amide bonds. The highest BCUT2D eigenvalue weighted by Gasteiger charge is 2.10. The van der Waals surface area contributed by atoms with Crippen LogP contribution in [-0.2, 0) is 14.3 Å². The molecular weight excluding hydrogens is 424 g/mol. The molecule has 2 N–H and O–H groups in total. The fourth-order valence-electron chi connectivity index (χ4n) is 2.77. The minimum Gasteiger partial charge on any atom is -0.447 e. The number of ether oxygens (including phenoxy) is 2. The van der Waals surface area contributed by atoms with Crippen LogP contribution in [0.3, 0.4) is 0 Å². The Labute approximate surface area is 183 Å². The van der Waals surface area contributed by atoms with Crippen LogP contribution in [-0.4, -0.2) is 38.1 Å². The van der Waals surface area contributed by atoms with E-state index in [0.29, 0.717) is 23.0 Å². The smallest absolute Gasteiger partial charge is 0.411 e. The van der Waals surface area contributed by atoms with Gasteiger partial charge in [-0.05, 0) is 35.7 Å². The van der Waals surface area contributed by atoms with E-state index >= 15 is 0 Å². The van der Waals surface area contributed by atoms with E-state index in [1.54, 1.807) is 24.3 Å². The van der Waals surface area contributed by atoms with E-state index in [1.807, 2.05) is 36.4 Å². The molecule has 156 valence electrons. The van der Waals surface area contributed by atoms with Gasteiger partial charge in [0, 0.05) is 33.8 Å². The van der Waals surface area contributed by atoms with Crippen LogP contribution >= 0.6 is 23.4 Å². The molecule has 0 aliphatic rings. The Bertz CT molecular complexity index is 1040. The summed E-state index contributed by atoms with van der Waals surface area (Å²) in [6, 6.07) is 18.5. The summed E-state index contributed by atoms with van der Waals surface area (Å²) in [5.41, 5.74) is 1.09. The van der Waals surface area contributed by atoms with Gasteiger partial charge < -0.3 is 14.8 Å². The van der Waals surface area contributed by atoms with Gasteiger partial charge in [-0.25, -0.2) is 4.79 Å². The quantitative estimate of drug-likeness (QED) is 0.358. The topological polar surface area (TPSA) is 76.7 Å². The number of anilines is 2. The Morgan fingerprint density at radius 1 is 0.967 bits per heavy atom. The molecule has 30 heavy (non-hydrogen) atoms. The number of carbonyl (C=O) groups excluding carboxylic acids is 2. The third kappa shape index (κ3) is 6.13. The average Bonchev–Trinajstić information content (AvgIpc) is 2.73. The van der Waals surface area contributed by atoms with Crippen molar-refractivity contribution >= 4 is 57.5 Å². The fraction of sp³-hybridized carbons (Fsp3) is 0.182. The minimum absolute atomic E-state index is 0.161. The third-order valence-electron chi connectivity index (χ3n) is 4.09. The van der Waals surface area contributed by atoms with Crippen LogP contribution in [0.25, 0.3) is 10.8 Å². The predicted molar refractivity (Wildman–Crippen MR) is 122 cm³/mol. The number of hydrogen-bond acceptors (Lipinski definition) is 5. The van der Waals surface area contributed by atoms with Crippen molar-refractivity contribution in [3.63, 3.8) is 0 Å². The summed E-state index contributed by atoms with van der Waals surface area (Å²) in [6.07, 6.45) is -0.584. The number of rotatable bonds is 8. The van der Waals surface area contributed by atoms with Gasteiger partial charge in [-0.15, -0.1) is 11.8 Å². The van der Waals surface area contributed by atoms with E-state index < -0.39 is 6.09 Å². The Hall–Kier alpha value is -2.74. The minimum atomic E-state index is -0.584. The Morgan fingerprint density at radius 3 is 2.43 bits per heavy atom. The molecule has 3 rings (SSSR count). The molecule has 0 spiro atoms. The monoisotopic (exact) mass is 444 g/mol. The van der Waals surface area contributed by atoms with Gasteiger partial charge in [-0.3, -0.25) is 10.1 Å². The molecule has 0 bridgehead atoms. The average molecular weight is 445 g/mol. The molecule has 0 unspecified atom stereocenters. The maximum absolute atomic E-state index is 12.4. The maximum Gasteiger partial charge on any atom is 0.411 e. The number of halogens is 1. The first-order chi connectivity index (χ1) is 14.6. The normalized spacial score (nSPS) is 10.6. The van der Waals surface area contributed by atoms with Crippen LogP contribution in [0, 0.1) is 0 Å². The van der Waals surface area contributed by atoms with Crippen molar-refractivity contribution < 1.29 is 19.1 Å². The molecule has 0 aliphatic heterocycles. The molecule has 0 heterocycles. The first kappa shape index (κ1) is 22.0. The van der Waals surface area contributed by atoms with E-state index in [4.69, 9.17) is 21.1 Å². The molecule has 0 radical (unpaired) electrons. The summed E-state index contributed by atoms with van der Waals surface area (Å²) in [4.78, 5) is 25.1. The maximum atomic E-state index is 12.4. The van der Waals surface area contributed by atoms with Crippen molar-refractivity contribution in [1.82, 2.24) is 0 Å². The van der Waals surface area contributed by atoms with E-state index in [0.717, 1.165) is 15.7 Å². The second-order valence-corrected chi connectivity index (χ2v) is 7.69. The fourth-order valence-corrected chi connectivity index (χ4v) is 4.01. The standard InChI is InChI=1S/C22H21ClN2O4S/c1-28-11-12-29-22(27)25-17-8-4-7-16(13-17)24-20(26)14-30-19-10-3-6-15-5-2-9-18(23)21(15)19/h2-10,13H,11-12,14H2,1H3,(H,24,26)(H,25,27). The van der Waals surface area contributed by atoms with Crippen LogP contribution in [0.1, 0.15) is 0 Å². The van der Waals surface area contributed by atoms with Gasteiger partial charge >= 0.3 is 6.09 Å². The second-order valence-electron chi connectivity index (χ2n) is 6.27. The molecule has 0 aromatic heterocycles. The highest BCUT2D eigenvalue weighted by atomic mass is 35.5. The number of hydrogen-bond donors (Lipinski definition) is 2. The molecule has 6 nitrogen and oxygen atoms in total. The van der Waals surface area contributed by atoms with E-state index in [-0.39, 0.29) is 18.3 Å². The summed E-state index contributed by atoms with van der Waals surface area (Å²) < 4.78 is 9.79. The highest BCUT2D eigenvalue weighted by Crippen LogP contribution is 2.33. The summed E-state index contributed by atoms with van der Waals surface area (Å²) >= 11 is 7.76. The first-order valence-electron chi connectivity index (χ1n) is 9.19. The SMILES string of the molecule is COCCOC(=O)Nc1cccc(NC(=O)CSc2cccc3cccc(Cl)c23)c1. The molecule has 0 fully saturated rings. The summed E-state index contributed by atoms with van der Waals surface area (Å²) in [6.45, 7) is 0.483. The second kappa shape index (κ2) is 10.9. The van der Waals surface area contributed by atoms with Crippen LogP contribution in [0.4, 0.5) is 16.2 Å². The molecule has 3 aromatic rings. The highest BCUT2D eigenvalue weighted by molar-refractivity contribution is 8.00. The molecular formula is C22H21ClN2O4S. The lowest BCUT2D eigenvalue weighted by Crippen LogP contribution is -2.17.